The highest BCUT2D eigenvalue weighted by Crippen LogP contribution is 2.27. The van der Waals surface area contributed by atoms with Crippen LogP contribution in [0.2, 0.25) is 0 Å². The molecule has 2 aromatic carbocycles. The van der Waals surface area contributed by atoms with Crippen molar-refractivity contribution in [2.45, 2.75) is 20.8 Å². The molecule has 2 rings (SSSR count). The Bertz CT molecular complexity index is 612. The Balaban J connectivity index is 2.64. The summed E-state index contributed by atoms with van der Waals surface area (Å²) in [5.74, 6) is -0.874. The van der Waals surface area contributed by atoms with Crippen LogP contribution in [0.3, 0.4) is 0 Å². The highest BCUT2D eigenvalue weighted by molar-refractivity contribution is 5.91. The molecule has 0 radical (unpaired) electrons. The van der Waals surface area contributed by atoms with Crippen LogP contribution in [0.1, 0.15) is 27.0 Å². The van der Waals surface area contributed by atoms with Gasteiger partial charge in [-0.05, 0) is 49.1 Å². The summed E-state index contributed by atoms with van der Waals surface area (Å²) in [6.45, 7) is 5.87. The maximum absolute atomic E-state index is 11.2. The Labute approximate surface area is 107 Å². The van der Waals surface area contributed by atoms with Crippen molar-refractivity contribution in [2.24, 2.45) is 0 Å². The first-order chi connectivity index (χ1) is 8.49. The molecule has 0 amide bonds. The largest absolute Gasteiger partial charge is 0.478 e. The Kier molecular flexibility index (Phi) is 3.19. The van der Waals surface area contributed by atoms with E-state index < -0.39 is 5.97 Å². The Morgan fingerprint density at radius 2 is 1.72 bits per heavy atom. The van der Waals surface area contributed by atoms with Gasteiger partial charge in [-0.2, -0.15) is 0 Å². The lowest BCUT2D eigenvalue weighted by Crippen LogP contribution is -2.01. The molecule has 0 aliphatic carbocycles. The number of carboxylic acids is 1. The smallest absolute Gasteiger partial charge is 0.335 e. The third-order valence-corrected chi connectivity index (χ3v) is 3.13. The fraction of sp³-hybridized carbons (Fsp3) is 0.188. The quantitative estimate of drug-likeness (QED) is 0.862. The van der Waals surface area contributed by atoms with E-state index in [0.717, 1.165) is 22.3 Å². The molecular formula is C16H16O2. The first kappa shape index (κ1) is 12.4. The van der Waals surface area contributed by atoms with Gasteiger partial charge in [0.2, 0.25) is 0 Å². The molecule has 0 aliphatic heterocycles. The number of aryl methyl sites for hydroxylation is 3. The Hall–Kier alpha value is -2.09. The first-order valence-corrected chi connectivity index (χ1v) is 5.90. The van der Waals surface area contributed by atoms with E-state index in [1.165, 1.54) is 5.56 Å². The average molecular weight is 240 g/mol. The van der Waals surface area contributed by atoms with Gasteiger partial charge >= 0.3 is 5.97 Å². The molecule has 2 nitrogen and oxygen atoms in total. The van der Waals surface area contributed by atoms with Gasteiger partial charge in [-0.25, -0.2) is 4.79 Å². The first-order valence-electron chi connectivity index (χ1n) is 5.90. The minimum Gasteiger partial charge on any atom is -0.478 e. The average Bonchev–Trinajstić information content (AvgIpc) is 2.28. The van der Waals surface area contributed by atoms with Gasteiger partial charge in [0.05, 0.1) is 5.56 Å². The molecule has 0 unspecified atom stereocenters. The van der Waals surface area contributed by atoms with Gasteiger partial charge in [0.1, 0.15) is 0 Å². The minimum absolute atomic E-state index is 0.372. The molecule has 0 aromatic heterocycles. The summed E-state index contributed by atoms with van der Waals surface area (Å²) in [5.41, 5.74) is 5.50. The van der Waals surface area contributed by atoms with Crippen LogP contribution in [0, 0.1) is 20.8 Å². The van der Waals surface area contributed by atoms with Gasteiger partial charge in [0.15, 0.2) is 0 Å². The molecule has 0 saturated heterocycles. The number of carboxylic acid groups (broad SMARTS) is 1. The maximum Gasteiger partial charge on any atom is 0.335 e. The standard InChI is InChI=1S/C16H16O2/c1-10-5-4-6-13(7-10)14-9-15(16(17)18)12(3)8-11(14)2/h4-9H,1-3H3,(H,17,18). The number of benzene rings is 2. The van der Waals surface area contributed by atoms with E-state index in [9.17, 15) is 9.90 Å². The lowest BCUT2D eigenvalue weighted by molar-refractivity contribution is 0.0696. The third-order valence-electron chi connectivity index (χ3n) is 3.13. The zero-order valence-corrected chi connectivity index (χ0v) is 10.8. The van der Waals surface area contributed by atoms with Crippen LogP contribution in [0.15, 0.2) is 36.4 Å². The molecule has 92 valence electrons. The lowest BCUT2D eigenvalue weighted by atomic mass is 9.94. The molecule has 2 heteroatoms. The van der Waals surface area contributed by atoms with Crippen LogP contribution in [-0.4, -0.2) is 11.1 Å². The van der Waals surface area contributed by atoms with Gasteiger partial charge < -0.3 is 5.11 Å². The molecule has 0 aliphatic rings. The fourth-order valence-electron chi connectivity index (χ4n) is 2.21. The number of carbonyl (C=O) groups is 1. The van der Waals surface area contributed by atoms with E-state index in [2.05, 4.69) is 6.07 Å². The second-order valence-corrected chi connectivity index (χ2v) is 4.66. The molecule has 0 fully saturated rings. The van der Waals surface area contributed by atoms with Gasteiger partial charge in [-0.1, -0.05) is 35.9 Å². The number of hydrogen-bond donors (Lipinski definition) is 1. The molecule has 0 spiro atoms. The summed E-state index contributed by atoms with van der Waals surface area (Å²) in [4.78, 5) is 11.2. The molecule has 0 heterocycles. The summed E-state index contributed by atoms with van der Waals surface area (Å²) < 4.78 is 0. The predicted octanol–water partition coefficient (Wildman–Crippen LogP) is 3.98. The summed E-state index contributed by atoms with van der Waals surface area (Å²) >= 11 is 0. The second-order valence-electron chi connectivity index (χ2n) is 4.66. The van der Waals surface area contributed by atoms with E-state index in [1.54, 1.807) is 6.07 Å². The number of rotatable bonds is 2. The molecule has 1 N–H and O–H groups in total. The van der Waals surface area contributed by atoms with Crippen LogP contribution in [0.5, 0.6) is 0 Å². The highest BCUT2D eigenvalue weighted by atomic mass is 16.4. The van der Waals surface area contributed by atoms with Gasteiger partial charge in [-0.15, -0.1) is 0 Å². The van der Waals surface area contributed by atoms with Crippen LogP contribution < -0.4 is 0 Å². The summed E-state index contributed by atoms with van der Waals surface area (Å²) in [5, 5.41) is 9.18. The van der Waals surface area contributed by atoms with Crippen molar-refractivity contribution in [1.82, 2.24) is 0 Å². The maximum atomic E-state index is 11.2. The Morgan fingerprint density at radius 1 is 1.00 bits per heavy atom. The van der Waals surface area contributed by atoms with E-state index in [-0.39, 0.29) is 0 Å². The van der Waals surface area contributed by atoms with Gasteiger partial charge in [-0.3, -0.25) is 0 Å². The lowest BCUT2D eigenvalue weighted by Gasteiger charge is -2.10. The predicted molar refractivity (Wildman–Crippen MR) is 73.0 cm³/mol. The number of hydrogen-bond acceptors (Lipinski definition) is 1. The SMILES string of the molecule is Cc1cccc(-c2cc(C(=O)O)c(C)cc2C)c1. The van der Waals surface area contributed by atoms with Crippen molar-refractivity contribution in [3.05, 3.63) is 58.7 Å². The van der Waals surface area contributed by atoms with Crippen molar-refractivity contribution in [1.29, 1.82) is 0 Å². The van der Waals surface area contributed by atoms with Crippen LogP contribution in [0.4, 0.5) is 0 Å². The Morgan fingerprint density at radius 3 is 2.33 bits per heavy atom. The summed E-state index contributed by atoms with van der Waals surface area (Å²) in [6, 6.07) is 11.8. The monoisotopic (exact) mass is 240 g/mol. The normalized spacial score (nSPS) is 10.4. The van der Waals surface area contributed by atoms with Gasteiger partial charge in [0.25, 0.3) is 0 Å². The molecule has 0 atom stereocenters. The van der Waals surface area contributed by atoms with E-state index in [4.69, 9.17) is 0 Å². The summed E-state index contributed by atoms with van der Waals surface area (Å²) in [7, 11) is 0. The molecule has 18 heavy (non-hydrogen) atoms. The molecule has 2 aromatic rings. The zero-order chi connectivity index (χ0) is 13.3. The van der Waals surface area contributed by atoms with E-state index in [1.807, 2.05) is 45.0 Å². The van der Waals surface area contributed by atoms with Crippen molar-refractivity contribution in [3.8, 4) is 11.1 Å². The highest BCUT2D eigenvalue weighted by Gasteiger charge is 2.11. The van der Waals surface area contributed by atoms with Crippen LogP contribution in [-0.2, 0) is 0 Å². The van der Waals surface area contributed by atoms with Crippen molar-refractivity contribution in [2.75, 3.05) is 0 Å². The van der Waals surface area contributed by atoms with Crippen LogP contribution >= 0.6 is 0 Å². The fourth-order valence-corrected chi connectivity index (χ4v) is 2.21. The van der Waals surface area contributed by atoms with Crippen molar-refractivity contribution < 1.29 is 9.90 Å². The van der Waals surface area contributed by atoms with E-state index in [0.29, 0.717) is 5.56 Å². The zero-order valence-electron chi connectivity index (χ0n) is 10.8. The summed E-state index contributed by atoms with van der Waals surface area (Å²) in [6.07, 6.45) is 0. The topological polar surface area (TPSA) is 37.3 Å². The van der Waals surface area contributed by atoms with Crippen molar-refractivity contribution >= 4 is 5.97 Å². The van der Waals surface area contributed by atoms with E-state index >= 15 is 0 Å². The van der Waals surface area contributed by atoms with Gasteiger partial charge in [0, 0.05) is 0 Å². The molecule has 0 bridgehead atoms. The second kappa shape index (κ2) is 4.65. The number of aromatic carboxylic acids is 1. The van der Waals surface area contributed by atoms with Crippen LogP contribution in [0.25, 0.3) is 11.1 Å². The minimum atomic E-state index is -0.874. The third kappa shape index (κ3) is 2.28. The van der Waals surface area contributed by atoms with Crippen molar-refractivity contribution in [3.63, 3.8) is 0 Å². The molecular weight excluding hydrogens is 224 g/mol. The molecule has 0 saturated carbocycles.